The number of aldehydes is 1. The van der Waals surface area contributed by atoms with E-state index < -0.39 is 5.41 Å². The summed E-state index contributed by atoms with van der Waals surface area (Å²) in [6.07, 6.45) is 7.60. The molecule has 2 aliphatic rings. The number of allylic oxidation sites excluding steroid dienone is 2. The largest absolute Gasteiger partial charge is 0.469 e. The van der Waals surface area contributed by atoms with Crippen molar-refractivity contribution in [2.24, 2.45) is 28.6 Å². The molecular weight excluding hydrogens is 316 g/mol. The molecule has 2 rings (SSSR count). The molecule has 0 saturated heterocycles. The highest BCUT2D eigenvalue weighted by Gasteiger charge is 2.57. The lowest BCUT2D eigenvalue weighted by Gasteiger charge is -2.56. The van der Waals surface area contributed by atoms with E-state index in [1.54, 1.807) is 0 Å². The molecule has 4 heteroatoms. The van der Waals surface area contributed by atoms with E-state index in [4.69, 9.17) is 4.74 Å². The van der Waals surface area contributed by atoms with Crippen LogP contribution in [0.25, 0.3) is 0 Å². The number of ketones is 1. The van der Waals surface area contributed by atoms with Gasteiger partial charge in [-0.05, 0) is 55.4 Å². The summed E-state index contributed by atoms with van der Waals surface area (Å²) in [6.45, 7) is 8.05. The third kappa shape index (κ3) is 3.45. The molecule has 2 aliphatic carbocycles. The fourth-order valence-electron chi connectivity index (χ4n) is 5.32. The number of hydrogen-bond donors (Lipinski definition) is 0. The molecular formula is C21H32O4. The zero-order chi connectivity index (χ0) is 18.8. The molecule has 140 valence electrons. The fourth-order valence-corrected chi connectivity index (χ4v) is 5.32. The molecule has 0 radical (unpaired) electrons. The summed E-state index contributed by atoms with van der Waals surface area (Å²) in [5.74, 6) is 0.285. The number of ether oxygens (including phenoxy) is 1. The molecule has 0 N–H and O–H groups in total. The first kappa shape index (κ1) is 19.9. The van der Waals surface area contributed by atoms with Crippen LogP contribution in [-0.4, -0.2) is 25.1 Å². The molecule has 0 spiro atoms. The predicted octanol–water partition coefficient (Wildman–Crippen LogP) is 4.12. The van der Waals surface area contributed by atoms with Crippen LogP contribution in [0.15, 0.2) is 11.6 Å². The fraction of sp³-hybridized carbons (Fsp3) is 0.762. The van der Waals surface area contributed by atoms with Crippen molar-refractivity contribution < 1.29 is 19.1 Å². The normalized spacial score (nSPS) is 34.9. The molecule has 0 aliphatic heterocycles. The molecule has 0 heterocycles. The first-order chi connectivity index (χ1) is 11.7. The molecule has 1 fully saturated rings. The first-order valence-electron chi connectivity index (χ1n) is 9.47. The molecule has 1 saturated carbocycles. The van der Waals surface area contributed by atoms with E-state index in [-0.39, 0.29) is 34.9 Å². The highest BCUT2D eigenvalue weighted by molar-refractivity contribution is 5.81. The predicted molar refractivity (Wildman–Crippen MR) is 96.9 cm³/mol. The minimum atomic E-state index is -0.521. The second kappa shape index (κ2) is 7.43. The van der Waals surface area contributed by atoms with Gasteiger partial charge in [0.1, 0.15) is 12.1 Å². The number of Topliss-reactive ketones (excluding diaryl/α,β-unsaturated/α-hetero) is 1. The van der Waals surface area contributed by atoms with E-state index in [9.17, 15) is 14.4 Å². The van der Waals surface area contributed by atoms with Crippen LogP contribution in [-0.2, 0) is 19.1 Å². The number of carbonyl (C=O) groups is 3. The zero-order valence-corrected chi connectivity index (χ0v) is 16.3. The highest BCUT2D eigenvalue weighted by atomic mass is 16.5. The molecule has 0 aromatic heterocycles. The van der Waals surface area contributed by atoms with Gasteiger partial charge in [0, 0.05) is 12.3 Å². The summed E-state index contributed by atoms with van der Waals surface area (Å²) in [4.78, 5) is 36.3. The molecule has 0 aromatic carbocycles. The summed E-state index contributed by atoms with van der Waals surface area (Å²) < 4.78 is 5.12. The Balaban J connectivity index is 2.36. The van der Waals surface area contributed by atoms with Gasteiger partial charge in [-0.25, -0.2) is 0 Å². The lowest BCUT2D eigenvalue weighted by molar-refractivity contribution is -0.166. The van der Waals surface area contributed by atoms with Crippen LogP contribution in [0.1, 0.15) is 66.2 Å². The summed E-state index contributed by atoms with van der Waals surface area (Å²) in [7, 11) is 1.45. The number of methoxy groups -OCH3 is 1. The summed E-state index contributed by atoms with van der Waals surface area (Å²) in [6, 6.07) is 0. The van der Waals surface area contributed by atoms with Crippen molar-refractivity contribution in [3.8, 4) is 0 Å². The van der Waals surface area contributed by atoms with E-state index in [0.717, 1.165) is 37.5 Å². The van der Waals surface area contributed by atoms with E-state index in [1.165, 1.54) is 7.11 Å². The first-order valence-corrected chi connectivity index (χ1v) is 9.47. The monoisotopic (exact) mass is 348 g/mol. The third-order valence-electron chi connectivity index (χ3n) is 6.88. The van der Waals surface area contributed by atoms with Crippen LogP contribution in [0.5, 0.6) is 0 Å². The van der Waals surface area contributed by atoms with E-state index in [1.807, 2.05) is 26.8 Å². The van der Waals surface area contributed by atoms with Crippen LogP contribution < -0.4 is 0 Å². The Labute approximate surface area is 151 Å². The summed E-state index contributed by atoms with van der Waals surface area (Å²) in [5, 5.41) is 0. The Morgan fingerprint density at radius 1 is 1.32 bits per heavy atom. The van der Waals surface area contributed by atoms with Crippen molar-refractivity contribution in [2.45, 2.75) is 66.2 Å². The lowest BCUT2D eigenvalue weighted by atomic mass is 9.47. The summed E-state index contributed by atoms with van der Waals surface area (Å²) in [5.41, 5.74) is 0.139. The highest BCUT2D eigenvalue weighted by Crippen LogP contribution is 2.60. The minimum absolute atomic E-state index is 0.0162. The van der Waals surface area contributed by atoms with Gasteiger partial charge in [-0.2, -0.15) is 0 Å². The van der Waals surface area contributed by atoms with Gasteiger partial charge in [0.25, 0.3) is 0 Å². The van der Waals surface area contributed by atoms with Crippen molar-refractivity contribution in [1.29, 1.82) is 0 Å². The average Bonchev–Trinajstić information content (AvgIpc) is 2.58. The second-order valence-corrected chi connectivity index (χ2v) is 8.59. The van der Waals surface area contributed by atoms with E-state index in [0.29, 0.717) is 12.8 Å². The quantitative estimate of drug-likeness (QED) is 0.535. The Hall–Kier alpha value is -1.45. The van der Waals surface area contributed by atoms with Crippen molar-refractivity contribution in [3.63, 3.8) is 0 Å². The SMILES string of the molecule is COC(=O)[C@]1(C)CCC[C@@]2(C)[C@H]1CC=C(C=O)[C@@H]2CCC(=O)C(C)C. The second-order valence-electron chi connectivity index (χ2n) is 8.59. The molecule has 0 bridgehead atoms. The molecule has 25 heavy (non-hydrogen) atoms. The Bertz CT molecular complexity index is 576. The molecule has 4 atom stereocenters. The Morgan fingerprint density at radius 2 is 2.00 bits per heavy atom. The van der Waals surface area contributed by atoms with Crippen molar-refractivity contribution >= 4 is 18.0 Å². The van der Waals surface area contributed by atoms with Crippen molar-refractivity contribution in [3.05, 3.63) is 11.6 Å². The smallest absolute Gasteiger partial charge is 0.311 e. The molecule has 0 unspecified atom stereocenters. The summed E-state index contributed by atoms with van der Waals surface area (Å²) >= 11 is 0. The van der Waals surface area contributed by atoms with Crippen molar-refractivity contribution in [2.75, 3.05) is 7.11 Å². The Kier molecular flexibility index (Phi) is 5.90. The van der Waals surface area contributed by atoms with Gasteiger partial charge in [0.15, 0.2) is 0 Å². The number of hydrogen-bond acceptors (Lipinski definition) is 4. The van der Waals surface area contributed by atoms with E-state index >= 15 is 0 Å². The average molecular weight is 348 g/mol. The van der Waals surface area contributed by atoms with Gasteiger partial charge in [0.05, 0.1) is 12.5 Å². The number of esters is 1. The standard InChI is InChI=1S/C21H32O4/c1-14(2)17(23)9-8-16-15(13-22)7-10-18-20(16,3)11-6-12-21(18,4)19(24)25-5/h7,13-14,16,18H,6,8-12H2,1-5H3/t16-,18+,20+,21+/m0/s1. The number of rotatable bonds is 6. The van der Waals surface area contributed by atoms with Crippen LogP contribution in [0, 0.1) is 28.6 Å². The lowest BCUT2D eigenvalue weighted by Crippen LogP contribution is -2.53. The third-order valence-corrected chi connectivity index (χ3v) is 6.88. The van der Waals surface area contributed by atoms with Crippen LogP contribution in [0.2, 0.25) is 0 Å². The maximum atomic E-state index is 12.5. The van der Waals surface area contributed by atoms with Gasteiger partial charge in [0.2, 0.25) is 0 Å². The molecule has 0 aromatic rings. The maximum absolute atomic E-state index is 12.5. The van der Waals surface area contributed by atoms with Gasteiger partial charge in [-0.1, -0.05) is 33.3 Å². The topological polar surface area (TPSA) is 60.4 Å². The number of carbonyl (C=O) groups excluding carboxylic acids is 3. The van der Waals surface area contributed by atoms with Crippen LogP contribution >= 0.6 is 0 Å². The zero-order valence-electron chi connectivity index (χ0n) is 16.3. The van der Waals surface area contributed by atoms with Gasteiger partial charge in [-0.15, -0.1) is 0 Å². The molecule has 4 nitrogen and oxygen atoms in total. The van der Waals surface area contributed by atoms with Gasteiger partial charge >= 0.3 is 5.97 Å². The van der Waals surface area contributed by atoms with Crippen LogP contribution in [0.4, 0.5) is 0 Å². The molecule has 0 amide bonds. The Morgan fingerprint density at radius 3 is 2.56 bits per heavy atom. The van der Waals surface area contributed by atoms with Crippen LogP contribution in [0.3, 0.4) is 0 Å². The minimum Gasteiger partial charge on any atom is -0.469 e. The van der Waals surface area contributed by atoms with Crippen molar-refractivity contribution in [1.82, 2.24) is 0 Å². The van der Waals surface area contributed by atoms with Gasteiger partial charge in [-0.3, -0.25) is 14.4 Å². The van der Waals surface area contributed by atoms with E-state index in [2.05, 4.69) is 6.92 Å². The maximum Gasteiger partial charge on any atom is 0.311 e. The van der Waals surface area contributed by atoms with Gasteiger partial charge < -0.3 is 4.74 Å². The number of fused-ring (bicyclic) bond motifs is 1.